The lowest BCUT2D eigenvalue weighted by atomic mass is 9.95. The molecule has 1 fully saturated rings. The highest BCUT2D eigenvalue weighted by molar-refractivity contribution is 6.31. The molecule has 0 unspecified atom stereocenters. The van der Waals surface area contributed by atoms with E-state index < -0.39 is 17.8 Å². The summed E-state index contributed by atoms with van der Waals surface area (Å²) in [5.41, 5.74) is 1.94. The van der Waals surface area contributed by atoms with Crippen LogP contribution in [0.15, 0.2) is 49.1 Å². The van der Waals surface area contributed by atoms with Gasteiger partial charge in [0.15, 0.2) is 0 Å². The molecule has 1 saturated heterocycles. The predicted octanol–water partition coefficient (Wildman–Crippen LogP) is 3.42. The molecule has 8 heteroatoms. The second-order valence-electron chi connectivity index (χ2n) is 7.26. The summed E-state index contributed by atoms with van der Waals surface area (Å²) in [4.78, 5) is 39.7. The number of amides is 3. The second-order valence-corrected chi connectivity index (χ2v) is 7.70. The van der Waals surface area contributed by atoms with E-state index in [4.69, 9.17) is 11.6 Å². The van der Waals surface area contributed by atoms with Crippen LogP contribution in [0.1, 0.15) is 28.9 Å². The van der Waals surface area contributed by atoms with Crippen LogP contribution in [0, 0.1) is 5.82 Å². The van der Waals surface area contributed by atoms with Crippen molar-refractivity contribution in [3.63, 3.8) is 0 Å². The van der Waals surface area contributed by atoms with Crippen LogP contribution >= 0.6 is 11.6 Å². The summed E-state index contributed by atoms with van der Waals surface area (Å²) in [5, 5.41) is 2.84. The number of carbonyl (C=O) groups is 3. The van der Waals surface area contributed by atoms with Crippen LogP contribution in [-0.2, 0) is 9.59 Å². The zero-order valence-corrected chi connectivity index (χ0v) is 18.1. The Morgan fingerprint density at radius 2 is 1.90 bits per heavy atom. The molecule has 1 aliphatic heterocycles. The molecule has 31 heavy (non-hydrogen) atoms. The van der Waals surface area contributed by atoms with Gasteiger partial charge >= 0.3 is 0 Å². The number of benzene rings is 2. The minimum atomic E-state index is -0.626. The van der Waals surface area contributed by atoms with Crippen molar-refractivity contribution in [2.45, 2.75) is 13.0 Å². The number of nitrogens with one attached hydrogen (secondary N) is 1. The fourth-order valence-corrected chi connectivity index (χ4v) is 4.00. The summed E-state index contributed by atoms with van der Waals surface area (Å²) in [6.07, 6.45) is 1.25. The third-order valence-electron chi connectivity index (χ3n) is 5.35. The smallest absolute Gasteiger partial charge is 0.254 e. The van der Waals surface area contributed by atoms with Gasteiger partial charge in [0, 0.05) is 38.6 Å². The van der Waals surface area contributed by atoms with Gasteiger partial charge in [-0.1, -0.05) is 24.2 Å². The highest BCUT2D eigenvalue weighted by atomic mass is 35.5. The molecule has 1 N–H and O–H groups in total. The first-order chi connectivity index (χ1) is 14.7. The Bertz CT molecular complexity index is 1060. The molecule has 0 aromatic heterocycles. The summed E-state index contributed by atoms with van der Waals surface area (Å²) < 4.78 is 14.1. The molecule has 0 radical (unpaired) electrons. The molecule has 1 heterocycles. The molecule has 0 aliphatic carbocycles. The summed E-state index contributed by atoms with van der Waals surface area (Å²) in [5.74, 6) is -1.47. The van der Waals surface area contributed by atoms with Gasteiger partial charge in [-0.3, -0.25) is 14.4 Å². The normalized spacial score (nSPS) is 16.1. The zero-order chi connectivity index (χ0) is 22.7. The molecule has 3 amide bonds. The van der Waals surface area contributed by atoms with E-state index in [1.165, 1.54) is 32.2 Å². The Hall–Kier alpha value is -3.19. The van der Waals surface area contributed by atoms with E-state index in [1.54, 1.807) is 28.0 Å². The van der Waals surface area contributed by atoms with Gasteiger partial charge in [0.05, 0.1) is 11.6 Å². The molecule has 0 saturated carbocycles. The molecule has 6 nitrogen and oxygen atoms in total. The van der Waals surface area contributed by atoms with Crippen molar-refractivity contribution in [2.75, 3.05) is 26.7 Å². The monoisotopic (exact) mass is 443 g/mol. The molecule has 1 atom stereocenters. The largest absolute Gasteiger partial charge is 0.355 e. The number of halogens is 2. The lowest BCUT2D eigenvalue weighted by Gasteiger charge is -2.41. The van der Waals surface area contributed by atoms with Crippen molar-refractivity contribution in [2.24, 2.45) is 0 Å². The van der Waals surface area contributed by atoms with Gasteiger partial charge in [-0.15, -0.1) is 0 Å². The third-order valence-corrected chi connectivity index (χ3v) is 5.57. The van der Waals surface area contributed by atoms with E-state index in [0.29, 0.717) is 35.8 Å². The molecule has 0 spiro atoms. The average Bonchev–Trinajstić information content (AvgIpc) is 2.77. The molecule has 3 rings (SSSR count). The quantitative estimate of drug-likeness (QED) is 0.736. The Labute approximate surface area is 185 Å². The Morgan fingerprint density at radius 3 is 2.55 bits per heavy atom. The lowest BCUT2D eigenvalue weighted by molar-refractivity contribution is -0.139. The Kier molecular flexibility index (Phi) is 6.75. The first-order valence-corrected chi connectivity index (χ1v) is 10.1. The summed E-state index contributed by atoms with van der Waals surface area (Å²) in [6.45, 7) is 6.13. The van der Waals surface area contributed by atoms with E-state index in [9.17, 15) is 18.8 Å². The maximum absolute atomic E-state index is 14.1. The van der Waals surface area contributed by atoms with Crippen molar-refractivity contribution in [3.05, 3.63) is 71.0 Å². The standard InChI is InChI=1S/C23H23ClFN3O3/c1-4-22(30)27-7-8-28(14(2)29)21(13-27)17-9-16(10-18(24)11-17)15-5-6-20(25)19(12-15)23(31)26-3/h4-6,9-12,21H,1,7-8,13H2,2-3H3,(H,26,31)/t21-/m1/s1. The van der Waals surface area contributed by atoms with E-state index in [1.807, 2.05) is 6.07 Å². The van der Waals surface area contributed by atoms with Crippen LogP contribution in [0.25, 0.3) is 11.1 Å². The van der Waals surface area contributed by atoms with Gasteiger partial charge in [-0.25, -0.2) is 4.39 Å². The van der Waals surface area contributed by atoms with Crippen molar-refractivity contribution in [1.29, 1.82) is 0 Å². The van der Waals surface area contributed by atoms with Gasteiger partial charge in [0.2, 0.25) is 11.8 Å². The van der Waals surface area contributed by atoms with Gasteiger partial charge in [0.25, 0.3) is 5.91 Å². The molecular weight excluding hydrogens is 421 g/mol. The van der Waals surface area contributed by atoms with Crippen LogP contribution in [0.2, 0.25) is 5.02 Å². The SMILES string of the molecule is C=CC(=O)N1CCN(C(C)=O)[C@@H](c2cc(Cl)cc(-c3ccc(F)c(C(=O)NC)c3)c2)C1. The van der Waals surface area contributed by atoms with Crippen molar-refractivity contribution < 1.29 is 18.8 Å². The van der Waals surface area contributed by atoms with Gasteiger partial charge in [-0.05, 0) is 53.1 Å². The van der Waals surface area contributed by atoms with E-state index in [2.05, 4.69) is 11.9 Å². The van der Waals surface area contributed by atoms with Crippen molar-refractivity contribution in [1.82, 2.24) is 15.1 Å². The minimum absolute atomic E-state index is 0.0766. The number of piperazine rings is 1. The highest BCUT2D eigenvalue weighted by Crippen LogP contribution is 2.33. The highest BCUT2D eigenvalue weighted by Gasteiger charge is 2.31. The van der Waals surface area contributed by atoms with Crippen LogP contribution < -0.4 is 5.32 Å². The van der Waals surface area contributed by atoms with E-state index >= 15 is 0 Å². The van der Waals surface area contributed by atoms with Crippen molar-refractivity contribution in [3.8, 4) is 11.1 Å². The first kappa shape index (κ1) is 22.5. The van der Waals surface area contributed by atoms with Crippen LogP contribution in [0.3, 0.4) is 0 Å². The average molecular weight is 444 g/mol. The minimum Gasteiger partial charge on any atom is -0.355 e. The van der Waals surface area contributed by atoms with E-state index in [-0.39, 0.29) is 17.4 Å². The fourth-order valence-electron chi connectivity index (χ4n) is 3.76. The van der Waals surface area contributed by atoms with Crippen molar-refractivity contribution >= 4 is 29.3 Å². The predicted molar refractivity (Wildman–Crippen MR) is 117 cm³/mol. The molecule has 2 aromatic carbocycles. The van der Waals surface area contributed by atoms with Crippen LogP contribution in [0.5, 0.6) is 0 Å². The number of nitrogens with zero attached hydrogens (tertiary/aromatic N) is 2. The molecule has 2 aromatic rings. The summed E-state index contributed by atoms with van der Waals surface area (Å²) in [7, 11) is 1.43. The topological polar surface area (TPSA) is 69.7 Å². The molecule has 0 bridgehead atoms. The second kappa shape index (κ2) is 9.31. The number of hydrogen-bond acceptors (Lipinski definition) is 3. The van der Waals surface area contributed by atoms with Gasteiger partial charge in [-0.2, -0.15) is 0 Å². The van der Waals surface area contributed by atoms with Gasteiger partial charge in [0.1, 0.15) is 5.82 Å². The fraction of sp³-hybridized carbons (Fsp3) is 0.261. The molecule has 1 aliphatic rings. The number of carbonyl (C=O) groups excluding carboxylic acids is 3. The summed E-state index contributed by atoms with van der Waals surface area (Å²) >= 11 is 6.38. The van der Waals surface area contributed by atoms with Crippen LogP contribution in [0.4, 0.5) is 4.39 Å². The maximum atomic E-state index is 14.1. The first-order valence-electron chi connectivity index (χ1n) is 9.76. The maximum Gasteiger partial charge on any atom is 0.254 e. The van der Waals surface area contributed by atoms with Gasteiger partial charge < -0.3 is 15.1 Å². The van der Waals surface area contributed by atoms with E-state index in [0.717, 1.165) is 5.56 Å². The Morgan fingerprint density at radius 1 is 1.16 bits per heavy atom. The third kappa shape index (κ3) is 4.77. The Balaban J connectivity index is 2.05. The molecular formula is C23H23ClFN3O3. The van der Waals surface area contributed by atoms with Crippen LogP contribution in [-0.4, -0.2) is 54.2 Å². The zero-order valence-electron chi connectivity index (χ0n) is 17.3. The number of hydrogen-bond donors (Lipinski definition) is 1. The molecule has 162 valence electrons. The lowest BCUT2D eigenvalue weighted by Crippen LogP contribution is -2.51. The summed E-state index contributed by atoms with van der Waals surface area (Å²) in [6, 6.07) is 9.15. The number of rotatable bonds is 4.